The maximum atomic E-state index is 13.4. The third-order valence-electron chi connectivity index (χ3n) is 5.45. The smallest absolute Gasteiger partial charge is 0.416 e. The van der Waals surface area contributed by atoms with Crippen LogP contribution in [0.3, 0.4) is 0 Å². The van der Waals surface area contributed by atoms with Crippen LogP contribution in [-0.4, -0.2) is 42.7 Å². The molecule has 0 aliphatic carbocycles. The Kier molecular flexibility index (Phi) is 8.40. The minimum atomic E-state index is -4.59. The van der Waals surface area contributed by atoms with E-state index in [2.05, 4.69) is 46.7 Å². The number of alkyl halides is 3. The zero-order chi connectivity index (χ0) is 28.3. The Balaban J connectivity index is 1.87. The van der Waals surface area contributed by atoms with Crippen molar-refractivity contribution >= 4 is 54.9 Å². The number of carbonyl (C=O) groups is 1. The van der Waals surface area contributed by atoms with Crippen LogP contribution in [0.15, 0.2) is 73.4 Å². The molecule has 0 radical (unpaired) electrons. The van der Waals surface area contributed by atoms with Gasteiger partial charge in [0, 0.05) is 15.6 Å². The average molecular weight is 669 g/mol. The zero-order valence-corrected chi connectivity index (χ0v) is 23.4. The van der Waals surface area contributed by atoms with Crippen molar-refractivity contribution in [1.82, 2.24) is 9.66 Å². The molecule has 0 amide bonds. The van der Waals surface area contributed by atoms with Crippen molar-refractivity contribution in [1.29, 1.82) is 0 Å². The summed E-state index contributed by atoms with van der Waals surface area (Å²) in [5, 5.41) is 4.53. The first-order valence-electron chi connectivity index (χ1n) is 11.0. The Morgan fingerprint density at radius 2 is 1.82 bits per heavy atom. The van der Waals surface area contributed by atoms with Gasteiger partial charge >= 0.3 is 12.1 Å². The highest BCUT2D eigenvalue weighted by Crippen LogP contribution is 2.42. The van der Waals surface area contributed by atoms with Gasteiger partial charge in [-0.3, -0.25) is 4.79 Å². The fourth-order valence-electron chi connectivity index (χ4n) is 3.55. The minimum absolute atomic E-state index is 0.0502. The van der Waals surface area contributed by atoms with Crippen LogP contribution in [0.5, 0.6) is 11.5 Å². The average Bonchev–Trinajstić information content (AvgIpc) is 2.93. The number of aromatic nitrogens is 2. The summed E-state index contributed by atoms with van der Waals surface area (Å²) in [6.07, 6.45) is -3.27. The number of esters is 1. The third-order valence-corrected chi connectivity index (χ3v) is 7.60. The zero-order valence-electron chi connectivity index (χ0n) is 20.3. The fraction of sp³-hybridized carbons (Fsp3) is 0.154. The van der Waals surface area contributed by atoms with E-state index >= 15 is 0 Å². The van der Waals surface area contributed by atoms with Gasteiger partial charge in [0.05, 0.1) is 41.4 Å². The van der Waals surface area contributed by atoms with Crippen molar-refractivity contribution in [3.8, 4) is 22.9 Å². The second-order valence-electron chi connectivity index (χ2n) is 7.88. The van der Waals surface area contributed by atoms with E-state index in [0.29, 0.717) is 20.0 Å². The molecule has 0 spiro atoms. The Bertz CT molecular complexity index is 1650. The molecule has 0 saturated carbocycles. The lowest BCUT2D eigenvalue weighted by Gasteiger charge is -2.15. The number of ether oxygens (including phenoxy) is 3. The molecule has 8 nitrogen and oxygen atoms in total. The SMILES string of the molecule is COC(=O)COc1c(OC)cc(C=Nn2c(-c3cccc(C(F)(F)F)c3)nc3ccccc3c2=O)c(Br)c1Br. The Labute approximate surface area is 236 Å². The molecule has 0 aliphatic rings. The van der Waals surface area contributed by atoms with Gasteiger partial charge in [-0.2, -0.15) is 22.9 Å². The van der Waals surface area contributed by atoms with E-state index < -0.39 is 23.3 Å². The number of halogens is 5. The summed E-state index contributed by atoms with van der Waals surface area (Å²) >= 11 is 6.82. The molecule has 13 heteroatoms. The van der Waals surface area contributed by atoms with Gasteiger partial charge in [0.25, 0.3) is 5.56 Å². The lowest BCUT2D eigenvalue weighted by atomic mass is 10.1. The van der Waals surface area contributed by atoms with Crippen LogP contribution in [0.2, 0.25) is 0 Å². The van der Waals surface area contributed by atoms with Crippen LogP contribution in [0, 0.1) is 0 Å². The molecule has 1 aromatic heterocycles. The van der Waals surface area contributed by atoms with Gasteiger partial charge in [-0.05, 0) is 62.2 Å². The van der Waals surface area contributed by atoms with Crippen LogP contribution < -0.4 is 15.0 Å². The molecule has 0 N–H and O–H groups in total. The number of fused-ring (bicyclic) bond motifs is 1. The number of hydrogen-bond donors (Lipinski definition) is 0. The molecule has 3 aromatic carbocycles. The molecular weight excluding hydrogens is 651 g/mol. The Morgan fingerprint density at radius 3 is 2.51 bits per heavy atom. The highest BCUT2D eigenvalue weighted by Gasteiger charge is 2.31. The lowest BCUT2D eigenvalue weighted by Crippen LogP contribution is -2.20. The minimum Gasteiger partial charge on any atom is -0.493 e. The summed E-state index contributed by atoms with van der Waals surface area (Å²) in [5.74, 6) is -0.240. The highest BCUT2D eigenvalue weighted by molar-refractivity contribution is 9.13. The second kappa shape index (κ2) is 11.6. The predicted molar refractivity (Wildman–Crippen MR) is 145 cm³/mol. The number of hydrogen-bond acceptors (Lipinski definition) is 7. The predicted octanol–water partition coefficient (Wildman–Crippen LogP) is 6.05. The highest BCUT2D eigenvalue weighted by atomic mass is 79.9. The van der Waals surface area contributed by atoms with E-state index in [1.165, 1.54) is 38.6 Å². The fourth-order valence-corrected chi connectivity index (χ4v) is 4.48. The normalized spacial score (nSPS) is 11.7. The maximum absolute atomic E-state index is 13.4. The van der Waals surface area contributed by atoms with Crippen molar-refractivity contribution in [2.24, 2.45) is 5.10 Å². The summed E-state index contributed by atoms with van der Waals surface area (Å²) in [7, 11) is 2.62. The first kappa shape index (κ1) is 28.3. The monoisotopic (exact) mass is 667 g/mol. The summed E-state index contributed by atoms with van der Waals surface area (Å²) in [5.41, 5.74) is -0.700. The quantitative estimate of drug-likeness (QED) is 0.176. The van der Waals surface area contributed by atoms with Crippen LogP contribution >= 0.6 is 31.9 Å². The number of para-hydroxylation sites is 1. The number of rotatable bonds is 7. The number of methoxy groups -OCH3 is 2. The van der Waals surface area contributed by atoms with E-state index in [-0.39, 0.29) is 34.9 Å². The van der Waals surface area contributed by atoms with Gasteiger partial charge in [-0.15, -0.1) is 0 Å². The molecule has 0 atom stereocenters. The van der Waals surface area contributed by atoms with E-state index in [9.17, 15) is 22.8 Å². The molecule has 1 heterocycles. The molecular formula is C26H18Br2F3N3O5. The standard InChI is InChI=1S/C26H18Br2F3N3O5/c1-37-19-11-15(21(27)22(28)23(19)39-13-20(35)38-2)12-32-34-24(14-6-5-7-16(10-14)26(29,30)31)33-18-9-4-3-8-17(18)25(34)36/h3-12H,13H2,1-2H3. The van der Waals surface area contributed by atoms with Crippen molar-refractivity contribution in [2.75, 3.05) is 20.8 Å². The summed E-state index contributed by atoms with van der Waals surface area (Å²) < 4.78 is 57.5. The van der Waals surface area contributed by atoms with Gasteiger partial charge in [-0.1, -0.05) is 24.3 Å². The van der Waals surface area contributed by atoms with Gasteiger partial charge in [0.15, 0.2) is 23.9 Å². The molecule has 0 saturated heterocycles. The lowest BCUT2D eigenvalue weighted by molar-refractivity contribution is -0.143. The number of carbonyl (C=O) groups excluding carboxylic acids is 1. The van der Waals surface area contributed by atoms with E-state index in [1.54, 1.807) is 24.3 Å². The third kappa shape index (κ3) is 5.98. The molecule has 39 heavy (non-hydrogen) atoms. The maximum Gasteiger partial charge on any atom is 0.416 e. The Morgan fingerprint density at radius 1 is 1.08 bits per heavy atom. The molecule has 0 bridgehead atoms. The largest absolute Gasteiger partial charge is 0.493 e. The summed E-state index contributed by atoms with van der Waals surface area (Å²) in [4.78, 5) is 29.4. The van der Waals surface area contributed by atoms with Crippen molar-refractivity contribution in [2.45, 2.75) is 6.18 Å². The van der Waals surface area contributed by atoms with E-state index in [4.69, 9.17) is 9.47 Å². The molecule has 202 valence electrons. The van der Waals surface area contributed by atoms with Crippen LogP contribution in [-0.2, 0) is 15.7 Å². The molecule has 4 aromatic rings. The van der Waals surface area contributed by atoms with Crippen LogP contribution in [0.1, 0.15) is 11.1 Å². The summed E-state index contributed by atoms with van der Waals surface area (Å²) in [6.45, 7) is -0.371. The summed E-state index contributed by atoms with van der Waals surface area (Å²) in [6, 6.07) is 12.5. The second-order valence-corrected chi connectivity index (χ2v) is 9.47. The van der Waals surface area contributed by atoms with E-state index in [0.717, 1.165) is 16.8 Å². The van der Waals surface area contributed by atoms with Crippen molar-refractivity contribution in [3.63, 3.8) is 0 Å². The van der Waals surface area contributed by atoms with Crippen molar-refractivity contribution < 1.29 is 32.2 Å². The molecule has 4 rings (SSSR count). The van der Waals surface area contributed by atoms with Crippen LogP contribution in [0.4, 0.5) is 13.2 Å². The first-order valence-corrected chi connectivity index (χ1v) is 12.6. The first-order chi connectivity index (χ1) is 18.5. The van der Waals surface area contributed by atoms with Crippen LogP contribution in [0.25, 0.3) is 22.3 Å². The van der Waals surface area contributed by atoms with Gasteiger partial charge < -0.3 is 14.2 Å². The van der Waals surface area contributed by atoms with Gasteiger partial charge in [0.1, 0.15) is 0 Å². The molecule has 0 fully saturated rings. The molecule has 0 unspecified atom stereocenters. The Hall–Kier alpha value is -3.71. The van der Waals surface area contributed by atoms with Gasteiger partial charge in [0.2, 0.25) is 0 Å². The van der Waals surface area contributed by atoms with E-state index in [1.807, 2.05) is 0 Å². The topological polar surface area (TPSA) is 92.0 Å². The number of nitrogens with zero attached hydrogens (tertiary/aromatic N) is 3. The number of benzene rings is 3. The van der Waals surface area contributed by atoms with Crippen molar-refractivity contribution in [3.05, 3.63) is 85.0 Å². The molecule has 0 aliphatic heterocycles. The van der Waals surface area contributed by atoms with Gasteiger partial charge in [-0.25, -0.2) is 9.78 Å².